The minimum atomic E-state index is -1.04. The molecule has 0 saturated heterocycles. The van der Waals surface area contributed by atoms with E-state index in [1.165, 1.54) is 12.0 Å². The second-order valence-electron chi connectivity index (χ2n) is 4.39. The summed E-state index contributed by atoms with van der Waals surface area (Å²) in [6.07, 6.45) is 1.86. The number of nitrogens with zero attached hydrogens (tertiary/aromatic N) is 1. The molecule has 108 valence electrons. The third kappa shape index (κ3) is 7.37. The van der Waals surface area contributed by atoms with Gasteiger partial charge >= 0.3 is 12.0 Å². The monoisotopic (exact) mass is 273 g/mol. The first-order valence-electron chi connectivity index (χ1n) is 6.04. The van der Waals surface area contributed by atoms with E-state index in [4.69, 9.17) is 9.84 Å². The van der Waals surface area contributed by atoms with Crippen LogP contribution in [0.1, 0.15) is 12.8 Å². The Morgan fingerprint density at radius 3 is 2.53 bits per heavy atom. The van der Waals surface area contributed by atoms with Crippen LogP contribution in [0.2, 0.25) is 0 Å². The maximum atomic E-state index is 11.6. The maximum Gasteiger partial charge on any atom is 0.321 e. The van der Waals surface area contributed by atoms with E-state index < -0.39 is 17.9 Å². The predicted octanol–water partition coefficient (Wildman–Crippen LogP) is -0.992. The van der Waals surface area contributed by atoms with Crippen molar-refractivity contribution in [3.05, 3.63) is 0 Å². The number of urea groups is 1. The van der Waals surface area contributed by atoms with Crippen molar-refractivity contribution in [2.24, 2.45) is 0 Å². The third-order valence-electron chi connectivity index (χ3n) is 2.50. The van der Waals surface area contributed by atoms with Crippen molar-refractivity contribution < 1.29 is 24.2 Å². The number of carboxylic acid groups (broad SMARTS) is 1. The molecule has 0 spiro atoms. The summed E-state index contributed by atoms with van der Waals surface area (Å²) in [6.45, 7) is 0.185. The van der Waals surface area contributed by atoms with E-state index in [2.05, 4.69) is 10.6 Å². The number of aliphatic carboxylic acids is 1. The second kappa shape index (κ2) is 7.70. The van der Waals surface area contributed by atoms with E-state index in [1.807, 2.05) is 0 Å². The summed E-state index contributed by atoms with van der Waals surface area (Å²) in [7, 11) is 1.49. The van der Waals surface area contributed by atoms with E-state index in [9.17, 15) is 14.4 Å². The lowest BCUT2D eigenvalue weighted by Crippen LogP contribution is -2.46. The van der Waals surface area contributed by atoms with Crippen LogP contribution in [0.5, 0.6) is 0 Å². The van der Waals surface area contributed by atoms with E-state index in [0.717, 1.165) is 12.8 Å². The lowest BCUT2D eigenvalue weighted by Gasteiger charge is -2.18. The van der Waals surface area contributed by atoms with Gasteiger partial charge in [0.1, 0.15) is 0 Å². The highest BCUT2D eigenvalue weighted by Gasteiger charge is 2.24. The molecule has 3 N–H and O–H groups in total. The van der Waals surface area contributed by atoms with Crippen LogP contribution >= 0.6 is 0 Å². The Morgan fingerprint density at radius 1 is 1.32 bits per heavy atom. The van der Waals surface area contributed by atoms with Gasteiger partial charge in [0.2, 0.25) is 5.91 Å². The molecule has 1 rings (SSSR count). The molecule has 0 atom stereocenters. The highest BCUT2D eigenvalue weighted by Crippen LogP contribution is 2.18. The normalized spacial score (nSPS) is 14.2. The average Bonchev–Trinajstić information content (AvgIpc) is 3.08. The maximum absolute atomic E-state index is 11.6. The van der Waals surface area contributed by atoms with Crippen LogP contribution in [0, 0.1) is 0 Å². The molecule has 0 aromatic carbocycles. The standard InChI is InChI=1S/C11H19N3O5/c1-19-5-4-14(7-10(16)17)6-9(15)13-11(18)12-8-2-3-8/h8H,2-7H2,1H3,(H,16,17)(H2,12,13,15,18). The van der Waals surface area contributed by atoms with Gasteiger partial charge in [0, 0.05) is 19.7 Å². The number of carbonyl (C=O) groups is 3. The smallest absolute Gasteiger partial charge is 0.321 e. The molecule has 19 heavy (non-hydrogen) atoms. The molecule has 0 heterocycles. The van der Waals surface area contributed by atoms with Crippen molar-refractivity contribution in [2.75, 3.05) is 33.4 Å². The van der Waals surface area contributed by atoms with Crippen LogP contribution in [-0.4, -0.2) is 67.3 Å². The van der Waals surface area contributed by atoms with Crippen LogP contribution in [0.4, 0.5) is 4.79 Å². The van der Waals surface area contributed by atoms with Crippen molar-refractivity contribution in [3.63, 3.8) is 0 Å². The fourth-order valence-electron chi connectivity index (χ4n) is 1.44. The van der Waals surface area contributed by atoms with Gasteiger partial charge in [0.25, 0.3) is 0 Å². The molecule has 1 aliphatic rings. The fraction of sp³-hybridized carbons (Fsp3) is 0.727. The number of amides is 3. The summed E-state index contributed by atoms with van der Waals surface area (Å²) in [4.78, 5) is 34.9. The molecule has 0 unspecified atom stereocenters. The van der Waals surface area contributed by atoms with Crippen LogP contribution in [-0.2, 0) is 14.3 Å². The molecule has 0 aliphatic heterocycles. The molecule has 0 aromatic heterocycles. The molecular weight excluding hydrogens is 254 g/mol. The molecule has 0 radical (unpaired) electrons. The molecule has 8 nitrogen and oxygen atoms in total. The second-order valence-corrected chi connectivity index (χ2v) is 4.39. The third-order valence-corrected chi connectivity index (χ3v) is 2.50. The number of imide groups is 1. The van der Waals surface area contributed by atoms with Gasteiger partial charge in [-0.15, -0.1) is 0 Å². The largest absolute Gasteiger partial charge is 0.480 e. The van der Waals surface area contributed by atoms with E-state index in [0.29, 0.717) is 13.2 Å². The van der Waals surface area contributed by atoms with E-state index in [1.54, 1.807) is 0 Å². The van der Waals surface area contributed by atoms with Crippen molar-refractivity contribution in [1.29, 1.82) is 0 Å². The van der Waals surface area contributed by atoms with Crippen LogP contribution in [0.3, 0.4) is 0 Å². The number of nitrogens with one attached hydrogen (secondary N) is 2. The highest BCUT2D eigenvalue weighted by atomic mass is 16.5. The average molecular weight is 273 g/mol. The minimum Gasteiger partial charge on any atom is -0.480 e. The number of hydrogen-bond acceptors (Lipinski definition) is 5. The zero-order valence-corrected chi connectivity index (χ0v) is 10.8. The van der Waals surface area contributed by atoms with E-state index >= 15 is 0 Å². The van der Waals surface area contributed by atoms with Gasteiger partial charge in [-0.2, -0.15) is 0 Å². The number of carbonyl (C=O) groups excluding carboxylic acids is 2. The SMILES string of the molecule is COCCN(CC(=O)O)CC(=O)NC(=O)NC1CC1. The molecule has 1 saturated carbocycles. The van der Waals surface area contributed by atoms with Gasteiger partial charge in [0.15, 0.2) is 0 Å². The first kappa shape index (κ1) is 15.4. The molecule has 1 aliphatic carbocycles. The molecule has 0 aromatic rings. The summed E-state index contributed by atoms with van der Waals surface area (Å²) in [6, 6.07) is -0.370. The van der Waals surface area contributed by atoms with Crippen molar-refractivity contribution in [3.8, 4) is 0 Å². The Balaban J connectivity index is 2.31. The first-order valence-corrected chi connectivity index (χ1v) is 6.04. The minimum absolute atomic E-state index is 0.159. The Morgan fingerprint density at radius 2 is 2.00 bits per heavy atom. The number of carboxylic acids is 1. The quantitative estimate of drug-likeness (QED) is 0.524. The topological polar surface area (TPSA) is 108 Å². The first-order chi connectivity index (χ1) is 9.01. The van der Waals surface area contributed by atoms with Crippen molar-refractivity contribution in [2.45, 2.75) is 18.9 Å². The molecular formula is C11H19N3O5. The summed E-state index contributed by atoms with van der Waals surface area (Å²) >= 11 is 0. The summed E-state index contributed by atoms with van der Waals surface area (Å²) < 4.78 is 4.83. The van der Waals surface area contributed by atoms with Gasteiger partial charge in [-0.05, 0) is 12.8 Å². The Bertz CT molecular complexity index is 343. The number of rotatable bonds is 8. The highest BCUT2D eigenvalue weighted by molar-refractivity contribution is 5.95. The summed E-state index contributed by atoms with van der Waals surface area (Å²) in [5.74, 6) is -1.57. The number of ether oxygens (including phenoxy) is 1. The zero-order valence-electron chi connectivity index (χ0n) is 10.8. The van der Waals surface area contributed by atoms with Gasteiger partial charge in [-0.1, -0.05) is 0 Å². The Kier molecular flexibility index (Phi) is 6.23. The number of hydrogen-bond donors (Lipinski definition) is 3. The summed E-state index contributed by atoms with van der Waals surface area (Å²) in [5, 5.41) is 13.5. The van der Waals surface area contributed by atoms with Gasteiger partial charge in [-0.3, -0.25) is 19.8 Å². The van der Waals surface area contributed by atoms with Crippen LogP contribution in [0.15, 0.2) is 0 Å². The van der Waals surface area contributed by atoms with Gasteiger partial charge in [-0.25, -0.2) is 4.79 Å². The molecule has 1 fully saturated rings. The fourth-order valence-corrected chi connectivity index (χ4v) is 1.44. The van der Waals surface area contributed by atoms with E-state index in [-0.39, 0.29) is 19.1 Å². The van der Waals surface area contributed by atoms with Gasteiger partial charge in [0.05, 0.1) is 19.7 Å². The lowest BCUT2D eigenvalue weighted by atomic mass is 10.4. The van der Waals surface area contributed by atoms with Crippen molar-refractivity contribution >= 4 is 17.9 Å². The summed E-state index contributed by atoms with van der Waals surface area (Å²) in [5.41, 5.74) is 0. The van der Waals surface area contributed by atoms with Crippen molar-refractivity contribution in [1.82, 2.24) is 15.5 Å². The zero-order chi connectivity index (χ0) is 14.3. The molecule has 3 amide bonds. The van der Waals surface area contributed by atoms with Gasteiger partial charge < -0.3 is 15.2 Å². The van der Waals surface area contributed by atoms with Crippen LogP contribution < -0.4 is 10.6 Å². The van der Waals surface area contributed by atoms with Crippen LogP contribution in [0.25, 0.3) is 0 Å². The molecule has 0 bridgehead atoms. The predicted molar refractivity (Wildman–Crippen MR) is 65.6 cm³/mol. The number of methoxy groups -OCH3 is 1. The lowest BCUT2D eigenvalue weighted by molar-refractivity contribution is -0.138. The Labute approximate surface area is 111 Å². The Hall–Kier alpha value is -1.67. The molecule has 8 heteroatoms.